The molecule has 4 nitrogen and oxygen atoms in total. The average Bonchev–Trinajstić information content (AvgIpc) is 2.43. The van der Waals surface area contributed by atoms with E-state index in [1.807, 2.05) is 0 Å². The van der Waals surface area contributed by atoms with Gasteiger partial charge in [-0.25, -0.2) is 8.78 Å². The van der Waals surface area contributed by atoms with Crippen LogP contribution in [0.25, 0.3) is 0 Å². The van der Waals surface area contributed by atoms with Gasteiger partial charge in [-0.15, -0.1) is 0 Å². The number of nitro benzene ring substituents is 1. The molecule has 108 valence electrons. The summed E-state index contributed by atoms with van der Waals surface area (Å²) in [6, 6.07) is 7.73. The molecule has 0 radical (unpaired) electrons. The van der Waals surface area contributed by atoms with Crippen LogP contribution < -0.4 is 0 Å². The van der Waals surface area contributed by atoms with Crippen LogP contribution in [-0.2, 0) is 6.42 Å². The number of carbonyl (C=O) groups is 1. The molecule has 0 aromatic heterocycles. The SMILES string of the molecule is O=C(Cc1ccc(Br)cc1)c1cc(F)c(F)cc1[N+](=O)[O-]. The monoisotopic (exact) mass is 355 g/mol. The topological polar surface area (TPSA) is 60.2 Å². The van der Waals surface area contributed by atoms with E-state index >= 15 is 0 Å². The number of nitrogens with zero attached hydrogens (tertiary/aromatic N) is 1. The molecule has 0 heterocycles. The zero-order chi connectivity index (χ0) is 15.6. The molecule has 21 heavy (non-hydrogen) atoms. The van der Waals surface area contributed by atoms with Crippen molar-refractivity contribution in [3.05, 3.63) is 73.7 Å². The number of halogens is 3. The Morgan fingerprint density at radius 2 is 1.71 bits per heavy atom. The fourth-order valence-electron chi connectivity index (χ4n) is 1.79. The number of hydrogen-bond donors (Lipinski definition) is 0. The second-order valence-corrected chi connectivity index (χ2v) is 5.18. The second kappa shape index (κ2) is 6.09. The van der Waals surface area contributed by atoms with E-state index in [4.69, 9.17) is 0 Å². The highest BCUT2D eigenvalue weighted by molar-refractivity contribution is 9.10. The van der Waals surface area contributed by atoms with Gasteiger partial charge >= 0.3 is 0 Å². The first kappa shape index (κ1) is 15.2. The van der Waals surface area contributed by atoms with Crippen molar-refractivity contribution in [3.8, 4) is 0 Å². The lowest BCUT2D eigenvalue weighted by molar-refractivity contribution is -0.385. The van der Waals surface area contributed by atoms with Crippen LogP contribution in [0.15, 0.2) is 40.9 Å². The summed E-state index contributed by atoms with van der Waals surface area (Å²) in [7, 11) is 0. The van der Waals surface area contributed by atoms with Gasteiger partial charge in [0.1, 0.15) is 0 Å². The van der Waals surface area contributed by atoms with Crippen LogP contribution in [0.3, 0.4) is 0 Å². The molecule has 7 heteroatoms. The van der Waals surface area contributed by atoms with Gasteiger partial charge in [-0.2, -0.15) is 0 Å². The number of nitro groups is 1. The smallest absolute Gasteiger partial charge is 0.283 e. The van der Waals surface area contributed by atoms with Crippen LogP contribution in [0.1, 0.15) is 15.9 Å². The number of carbonyl (C=O) groups excluding carboxylic acids is 1. The molecular formula is C14H8BrF2NO3. The van der Waals surface area contributed by atoms with E-state index in [9.17, 15) is 23.7 Å². The summed E-state index contributed by atoms with van der Waals surface area (Å²) in [6.45, 7) is 0. The Morgan fingerprint density at radius 3 is 2.29 bits per heavy atom. The van der Waals surface area contributed by atoms with Crippen LogP contribution >= 0.6 is 15.9 Å². The second-order valence-electron chi connectivity index (χ2n) is 4.27. The first-order valence-electron chi connectivity index (χ1n) is 5.79. The number of Topliss-reactive ketones (excluding diaryl/α,β-unsaturated/α-hetero) is 1. The van der Waals surface area contributed by atoms with E-state index in [0.717, 1.165) is 4.47 Å². The van der Waals surface area contributed by atoms with E-state index in [1.54, 1.807) is 24.3 Å². The van der Waals surface area contributed by atoms with E-state index in [-0.39, 0.29) is 6.42 Å². The van der Waals surface area contributed by atoms with Crippen molar-refractivity contribution in [1.29, 1.82) is 0 Å². The van der Waals surface area contributed by atoms with Gasteiger partial charge in [-0.3, -0.25) is 14.9 Å². The predicted octanol–water partition coefficient (Wildman–Crippen LogP) is 4.06. The Kier molecular flexibility index (Phi) is 4.42. The first-order chi connectivity index (χ1) is 9.88. The minimum absolute atomic E-state index is 0.140. The molecule has 0 fully saturated rings. The summed E-state index contributed by atoms with van der Waals surface area (Å²) in [6.07, 6.45) is -0.140. The van der Waals surface area contributed by atoms with Crippen molar-refractivity contribution in [1.82, 2.24) is 0 Å². The van der Waals surface area contributed by atoms with Crippen molar-refractivity contribution in [2.75, 3.05) is 0 Å². The lowest BCUT2D eigenvalue weighted by Crippen LogP contribution is -2.08. The normalized spacial score (nSPS) is 10.4. The molecule has 0 atom stereocenters. The molecule has 2 aromatic rings. The van der Waals surface area contributed by atoms with Crippen LogP contribution in [0.4, 0.5) is 14.5 Å². The number of ketones is 1. The Balaban J connectivity index is 2.36. The lowest BCUT2D eigenvalue weighted by Gasteiger charge is -2.04. The summed E-state index contributed by atoms with van der Waals surface area (Å²) < 4.78 is 27.1. The molecule has 0 unspecified atom stereocenters. The average molecular weight is 356 g/mol. The van der Waals surface area contributed by atoms with Crippen molar-refractivity contribution in [2.24, 2.45) is 0 Å². The highest BCUT2D eigenvalue weighted by Crippen LogP contribution is 2.24. The largest absolute Gasteiger partial charge is 0.294 e. The number of rotatable bonds is 4. The summed E-state index contributed by atoms with van der Waals surface area (Å²) in [5, 5.41) is 10.8. The molecule has 0 spiro atoms. The molecule has 2 aromatic carbocycles. The number of hydrogen-bond acceptors (Lipinski definition) is 3. The standard InChI is InChI=1S/C14H8BrF2NO3/c15-9-3-1-8(2-4-9)5-14(19)10-6-11(16)12(17)7-13(10)18(20)21/h1-4,6-7H,5H2. The van der Waals surface area contributed by atoms with Crippen molar-refractivity contribution < 1.29 is 18.5 Å². The minimum Gasteiger partial charge on any atom is -0.294 e. The Hall–Kier alpha value is -2.15. The van der Waals surface area contributed by atoms with Crippen LogP contribution in [0, 0.1) is 21.7 Å². The van der Waals surface area contributed by atoms with E-state index in [0.29, 0.717) is 17.7 Å². The molecule has 0 N–H and O–H groups in total. The fraction of sp³-hybridized carbons (Fsp3) is 0.0714. The zero-order valence-corrected chi connectivity index (χ0v) is 12.1. The van der Waals surface area contributed by atoms with Gasteiger partial charge in [0.25, 0.3) is 5.69 Å². The zero-order valence-electron chi connectivity index (χ0n) is 10.5. The molecule has 0 saturated carbocycles. The van der Waals surface area contributed by atoms with Gasteiger partial charge in [0.15, 0.2) is 17.4 Å². The van der Waals surface area contributed by atoms with Gasteiger partial charge in [0.05, 0.1) is 16.6 Å². The maximum atomic E-state index is 13.2. The van der Waals surface area contributed by atoms with Gasteiger partial charge in [0, 0.05) is 10.9 Å². The highest BCUT2D eigenvalue weighted by atomic mass is 79.9. The Bertz CT molecular complexity index is 717. The van der Waals surface area contributed by atoms with Gasteiger partial charge in [0.2, 0.25) is 0 Å². The Morgan fingerprint density at radius 1 is 1.14 bits per heavy atom. The fourth-order valence-corrected chi connectivity index (χ4v) is 2.06. The summed E-state index contributed by atoms with van der Waals surface area (Å²) in [5.41, 5.74) is -0.569. The summed E-state index contributed by atoms with van der Waals surface area (Å²) in [4.78, 5) is 22.0. The molecule has 2 rings (SSSR count). The van der Waals surface area contributed by atoms with Gasteiger partial charge in [-0.1, -0.05) is 28.1 Å². The Labute approximate surface area is 126 Å². The third-order valence-electron chi connectivity index (χ3n) is 2.81. The first-order valence-corrected chi connectivity index (χ1v) is 6.59. The van der Waals surface area contributed by atoms with Crippen LogP contribution in [0.5, 0.6) is 0 Å². The molecule has 0 saturated heterocycles. The maximum absolute atomic E-state index is 13.2. The maximum Gasteiger partial charge on any atom is 0.283 e. The highest BCUT2D eigenvalue weighted by Gasteiger charge is 2.23. The third kappa shape index (κ3) is 3.49. The van der Waals surface area contributed by atoms with Gasteiger partial charge in [-0.05, 0) is 23.8 Å². The minimum atomic E-state index is -1.36. The van der Waals surface area contributed by atoms with Crippen LogP contribution in [0.2, 0.25) is 0 Å². The van der Waals surface area contributed by atoms with E-state index in [1.165, 1.54) is 0 Å². The molecule has 0 aliphatic carbocycles. The van der Waals surface area contributed by atoms with Gasteiger partial charge < -0.3 is 0 Å². The molecule has 0 bridgehead atoms. The quantitative estimate of drug-likeness (QED) is 0.472. The molecule has 0 amide bonds. The van der Waals surface area contributed by atoms with Crippen molar-refractivity contribution >= 4 is 27.4 Å². The summed E-state index contributed by atoms with van der Waals surface area (Å²) in [5.74, 6) is -3.30. The molecular weight excluding hydrogens is 348 g/mol. The summed E-state index contributed by atoms with van der Waals surface area (Å²) >= 11 is 3.24. The number of benzene rings is 2. The van der Waals surface area contributed by atoms with E-state index in [2.05, 4.69) is 15.9 Å². The lowest BCUT2D eigenvalue weighted by atomic mass is 10.0. The van der Waals surface area contributed by atoms with Crippen LogP contribution in [-0.4, -0.2) is 10.7 Å². The molecule has 0 aliphatic rings. The van der Waals surface area contributed by atoms with E-state index < -0.39 is 33.6 Å². The van der Waals surface area contributed by atoms with Crippen molar-refractivity contribution in [2.45, 2.75) is 6.42 Å². The predicted molar refractivity (Wildman–Crippen MR) is 75.2 cm³/mol. The van der Waals surface area contributed by atoms with Crippen molar-refractivity contribution in [3.63, 3.8) is 0 Å². The third-order valence-corrected chi connectivity index (χ3v) is 3.34. The molecule has 0 aliphatic heterocycles.